The Bertz CT molecular complexity index is 713. The molecule has 23 heavy (non-hydrogen) atoms. The summed E-state index contributed by atoms with van der Waals surface area (Å²) in [6, 6.07) is 8.12. The maximum Gasteiger partial charge on any atom is 0.223 e. The van der Waals surface area contributed by atoms with Gasteiger partial charge in [-0.15, -0.1) is 5.10 Å². The molecule has 0 aliphatic heterocycles. The van der Waals surface area contributed by atoms with Crippen LogP contribution in [0.3, 0.4) is 0 Å². The Balaban J connectivity index is 1.40. The molecule has 2 saturated carbocycles. The van der Waals surface area contributed by atoms with E-state index < -0.39 is 0 Å². The number of rotatable bonds is 5. The van der Waals surface area contributed by atoms with Crippen LogP contribution in [0, 0.1) is 11.8 Å². The molecule has 0 saturated heterocycles. The van der Waals surface area contributed by atoms with Gasteiger partial charge in [-0.2, -0.15) is 0 Å². The molecule has 120 valence electrons. The van der Waals surface area contributed by atoms with Crippen LogP contribution in [-0.4, -0.2) is 20.9 Å². The number of nitrogens with zero attached hydrogens (tertiary/aromatic N) is 3. The van der Waals surface area contributed by atoms with Crippen LogP contribution in [-0.2, 0) is 11.3 Å². The van der Waals surface area contributed by atoms with E-state index in [0.29, 0.717) is 18.4 Å². The van der Waals surface area contributed by atoms with Gasteiger partial charge in [-0.25, -0.2) is 4.68 Å². The number of carbonyl (C=O) groups excluding carboxylic acids is 1. The van der Waals surface area contributed by atoms with E-state index in [4.69, 9.17) is 0 Å². The molecule has 1 heterocycles. The van der Waals surface area contributed by atoms with E-state index in [1.165, 1.54) is 12.8 Å². The highest BCUT2D eigenvalue weighted by Gasteiger charge is 2.31. The molecule has 4 rings (SSSR count). The quantitative estimate of drug-likeness (QED) is 0.924. The number of benzene rings is 1. The van der Waals surface area contributed by atoms with Gasteiger partial charge in [0.15, 0.2) is 0 Å². The molecule has 0 bridgehead atoms. The van der Waals surface area contributed by atoms with Crippen molar-refractivity contribution in [2.75, 3.05) is 0 Å². The lowest BCUT2D eigenvalue weighted by Crippen LogP contribution is -2.37. The SMILES string of the molecule is CC1CC(C(=O)NCc2cccc(-n3cc(C4CC4)nn3)c2)C1. The van der Waals surface area contributed by atoms with Gasteiger partial charge in [0.25, 0.3) is 0 Å². The maximum atomic E-state index is 12.0. The summed E-state index contributed by atoms with van der Waals surface area (Å²) in [5, 5.41) is 11.5. The summed E-state index contributed by atoms with van der Waals surface area (Å²) < 4.78 is 1.83. The van der Waals surface area contributed by atoms with Gasteiger partial charge in [0.05, 0.1) is 17.6 Å². The summed E-state index contributed by atoms with van der Waals surface area (Å²) in [5.41, 5.74) is 3.17. The molecule has 1 aromatic heterocycles. The molecule has 0 radical (unpaired) electrons. The zero-order valence-electron chi connectivity index (χ0n) is 13.4. The van der Waals surface area contributed by atoms with Crippen LogP contribution in [0.5, 0.6) is 0 Å². The highest BCUT2D eigenvalue weighted by Crippen LogP contribution is 2.38. The van der Waals surface area contributed by atoms with Crippen molar-refractivity contribution in [1.29, 1.82) is 0 Å². The lowest BCUT2D eigenvalue weighted by molar-refractivity contribution is -0.129. The van der Waals surface area contributed by atoms with Crippen molar-refractivity contribution in [3.05, 3.63) is 41.7 Å². The number of aromatic nitrogens is 3. The number of hydrogen-bond acceptors (Lipinski definition) is 3. The number of carbonyl (C=O) groups is 1. The minimum atomic E-state index is 0.185. The summed E-state index contributed by atoms with van der Waals surface area (Å²) in [7, 11) is 0. The van der Waals surface area contributed by atoms with Crippen molar-refractivity contribution in [2.45, 2.75) is 45.1 Å². The van der Waals surface area contributed by atoms with Gasteiger partial charge in [0.2, 0.25) is 5.91 Å². The van der Waals surface area contributed by atoms with E-state index in [1.54, 1.807) is 0 Å². The first kappa shape index (κ1) is 14.4. The second kappa shape index (κ2) is 5.80. The largest absolute Gasteiger partial charge is 0.352 e. The van der Waals surface area contributed by atoms with E-state index in [0.717, 1.165) is 29.8 Å². The van der Waals surface area contributed by atoms with Gasteiger partial charge in [-0.1, -0.05) is 24.3 Å². The fourth-order valence-electron chi connectivity index (χ4n) is 3.23. The third kappa shape index (κ3) is 3.14. The second-order valence-electron chi connectivity index (χ2n) is 7.02. The Morgan fingerprint density at radius 3 is 2.91 bits per heavy atom. The third-order valence-corrected chi connectivity index (χ3v) is 4.89. The lowest BCUT2D eigenvalue weighted by atomic mass is 9.76. The Hall–Kier alpha value is -2.17. The lowest BCUT2D eigenvalue weighted by Gasteiger charge is -2.31. The normalized spacial score (nSPS) is 23.3. The van der Waals surface area contributed by atoms with Crippen LogP contribution >= 0.6 is 0 Å². The zero-order chi connectivity index (χ0) is 15.8. The van der Waals surface area contributed by atoms with Crippen molar-refractivity contribution >= 4 is 5.91 Å². The molecular weight excluding hydrogens is 288 g/mol. The van der Waals surface area contributed by atoms with Crippen LogP contribution in [0.2, 0.25) is 0 Å². The van der Waals surface area contributed by atoms with Gasteiger partial charge >= 0.3 is 0 Å². The molecule has 1 aromatic carbocycles. The molecule has 2 aliphatic rings. The maximum absolute atomic E-state index is 12.0. The second-order valence-corrected chi connectivity index (χ2v) is 7.02. The molecule has 5 heteroatoms. The topological polar surface area (TPSA) is 59.8 Å². The highest BCUT2D eigenvalue weighted by molar-refractivity contribution is 5.79. The summed E-state index contributed by atoms with van der Waals surface area (Å²) >= 11 is 0. The van der Waals surface area contributed by atoms with E-state index in [-0.39, 0.29) is 11.8 Å². The first-order valence-corrected chi connectivity index (χ1v) is 8.48. The molecule has 5 nitrogen and oxygen atoms in total. The minimum absolute atomic E-state index is 0.185. The predicted molar refractivity (Wildman–Crippen MR) is 87.1 cm³/mol. The van der Waals surface area contributed by atoms with Crippen LogP contribution in [0.4, 0.5) is 0 Å². The highest BCUT2D eigenvalue weighted by atomic mass is 16.1. The van der Waals surface area contributed by atoms with Crippen molar-refractivity contribution in [3.63, 3.8) is 0 Å². The fourth-order valence-corrected chi connectivity index (χ4v) is 3.23. The van der Waals surface area contributed by atoms with E-state index in [1.807, 2.05) is 29.1 Å². The molecule has 0 atom stereocenters. The molecule has 2 aromatic rings. The average molecular weight is 310 g/mol. The van der Waals surface area contributed by atoms with Gasteiger partial charge in [-0.05, 0) is 49.3 Å². The van der Waals surface area contributed by atoms with Gasteiger partial charge in [-0.3, -0.25) is 4.79 Å². The standard InChI is InChI=1S/C18H22N4O/c1-12-7-15(8-12)18(23)19-10-13-3-2-4-16(9-13)22-11-17(20-21-22)14-5-6-14/h2-4,9,11-12,14-15H,5-8,10H2,1H3,(H,19,23). The van der Waals surface area contributed by atoms with Crippen LogP contribution in [0.1, 0.15) is 49.8 Å². The Morgan fingerprint density at radius 2 is 2.17 bits per heavy atom. The molecular formula is C18H22N4O. The summed E-state index contributed by atoms with van der Waals surface area (Å²) in [6.07, 6.45) is 6.52. The monoisotopic (exact) mass is 310 g/mol. The van der Waals surface area contributed by atoms with Crippen LogP contribution in [0.25, 0.3) is 5.69 Å². The Morgan fingerprint density at radius 1 is 1.35 bits per heavy atom. The van der Waals surface area contributed by atoms with Crippen molar-refractivity contribution in [2.24, 2.45) is 11.8 Å². The molecule has 1 amide bonds. The van der Waals surface area contributed by atoms with Gasteiger partial charge in [0.1, 0.15) is 0 Å². The number of nitrogens with one attached hydrogen (secondary N) is 1. The number of amides is 1. The molecule has 2 fully saturated rings. The van der Waals surface area contributed by atoms with Crippen molar-refractivity contribution < 1.29 is 4.79 Å². The molecule has 0 unspecified atom stereocenters. The van der Waals surface area contributed by atoms with Gasteiger partial charge < -0.3 is 5.32 Å². The van der Waals surface area contributed by atoms with E-state index in [9.17, 15) is 4.79 Å². The summed E-state index contributed by atoms with van der Waals surface area (Å²) in [5.74, 6) is 1.70. The predicted octanol–water partition coefficient (Wildman–Crippen LogP) is 2.81. The Kier molecular flexibility index (Phi) is 3.63. The third-order valence-electron chi connectivity index (χ3n) is 4.89. The van der Waals surface area contributed by atoms with E-state index in [2.05, 4.69) is 28.6 Å². The zero-order valence-corrected chi connectivity index (χ0v) is 13.4. The van der Waals surface area contributed by atoms with Crippen molar-refractivity contribution in [3.8, 4) is 5.69 Å². The van der Waals surface area contributed by atoms with Crippen LogP contribution < -0.4 is 5.32 Å². The van der Waals surface area contributed by atoms with E-state index >= 15 is 0 Å². The minimum Gasteiger partial charge on any atom is -0.352 e. The first-order chi connectivity index (χ1) is 11.2. The first-order valence-electron chi connectivity index (χ1n) is 8.48. The summed E-state index contributed by atoms with van der Waals surface area (Å²) in [6.45, 7) is 2.77. The summed E-state index contributed by atoms with van der Waals surface area (Å²) in [4.78, 5) is 12.0. The van der Waals surface area contributed by atoms with Crippen LogP contribution in [0.15, 0.2) is 30.5 Å². The fraction of sp³-hybridized carbons (Fsp3) is 0.500. The van der Waals surface area contributed by atoms with Crippen molar-refractivity contribution in [1.82, 2.24) is 20.3 Å². The smallest absolute Gasteiger partial charge is 0.223 e. The molecule has 1 N–H and O–H groups in total. The molecule has 0 spiro atoms. The average Bonchev–Trinajstić information content (AvgIpc) is 3.27. The Labute approximate surface area is 136 Å². The van der Waals surface area contributed by atoms with Gasteiger partial charge in [0, 0.05) is 18.4 Å². The molecule has 2 aliphatic carbocycles. The number of hydrogen-bond donors (Lipinski definition) is 1.